The van der Waals surface area contributed by atoms with Gasteiger partial charge in [-0.05, 0) is 32.9 Å². The number of aliphatic carboxylic acids is 1. The van der Waals surface area contributed by atoms with Crippen LogP contribution in [0.2, 0.25) is 0 Å². The van der Waals surface area contributed by atoms with E-state index in [-0.39, 0.29) is 18.6 Å². The van der Waals surface area contributed by atoms with Crippen LogP contribution in [-0.2, 0) is 14.3 Å². The fourth-order valence-electron chi connectivity index (χ4n) is 2.40. The Morgan fingerprint density at radius 3 is 2.55 bits per heavy atom. The standard InChI is InChI=1S/C16H21NO5/c1-10-4-6-13(7-5-10)22-12(3)15(18)17-8-11(2)21-14(9-17)16(19)20/h4-7,11-12,14H,8-9H2,1-3H3,(H,19,20)/t11-,12?,14?/m1/s1. The molecule has 120 valence electrons. The first kappa shape index (κ1) is 16.3. The Balaban J connectivity index is 2.00. The summed E-state index contributed by atoms with van der Waals surface area (Å²) >= 11 is 0. The number of carbonyl (C=O) groups is 2. The number of carboxylic acid groups (broad SMARTS) is 1. The lowest BCUT2D eigenvalue weighted by Gasteiger charge is -2.36. The van der Waals surface area contributed by atoms with E-state index >= 15 is 0 Å². The maximum atomic E-state index is 12.4. The smallest absolute Gasteiger partial charge is 0.334 e. The molecule has 0 aliphatic carbocycles. The van der Waals surface area contributed by atoms with Crippen LogP contribution in [-0.4, -0.2) is 53.3 Å². The Kier molecular flexibility index (Phi) is 5.03. The molecular weight excluding hydrogens is 286 g/mol. The van der Waals surface area contributed by atoms with Crippen molar-refractivity contribution in [3.63, 3.8) is 0 Å². The minimum Gasteiger partial charge on any atom is -0.481 e. The molecule has 0 saturated carbocycles. The van der Waals surface area contributed by atoms with Gasteiger partial charge in [0, 0.05) is 6.54 Å². The van der Waals surface area contributed by atoms with E-state index in [0.717, 1.165) is 5.56 Å². The molecule has 1 fully saturated rings. The number of carbonyl (C=O) groups excluding carboxylic acids is 1. The van der Waals surface area contributed by atoms with Crippen molar-refractivity contribution in [1.29, 1.82) is 0 Å². The van der Waals surface area contributed by atoms with Gasteiger partial charge < -0.3 is 19.5 Å². The second kappa shape index (κ2) is 6.79. The summed E-state index contributed by atoms with van der Waals surface area (Å²) in [6.45, 7) is 5.79. The Hall–Kier alpha value is -2.08. The third-order valence-electron chi connectivity index (χ3n) is 3.53. The minimum absolute atomic E-state index is 0.0418. The molecule has 1 aliphatic heterocycles. The van der Waals surface area contributed by atoms with Crippen molar-refractivity contribution in [3.05, 3.63) is 29.8 Å². The zero-order chi connectivity index (χ0) is 16.3. The number of hydrogen-bond acceptors (Lipinski definition) is 4. The van der Waals surface area contributed by atoms with Crippen molar-refractivity contribution in [1.82, 2.24) is 4.90 Å². The molecule has 1 amide bonds. The first-order valence-electron chi connectivity index (χ1n) is 7.27. The van der Waals surface area contributed by atoms with Crippen LogP contribution in [0.25, 0.3) is 0 Å². The lowest BCUT2D eigenvalue weighted by Crippen LogP contribution is -2.54. The van der Waals surface area contributed by atoms with E-state index in [1.165, 1.54) is 4.90 Å². The van der Waals surface area contributed by atoms with E-state index in [9.17, 15) is 9.59 Å². The van der Waals surface area contributed by atoms with Gasteiger partial charge >= 0.3 is 5.97 Å². The number of aryl methyl sites for hydroxylation is 1. The van der Waals surface area contributed by atoms with Crippen LogP contribution in [0.1, 0.15) is 19.4 Å². The van der Waals surface area contributed by atoms with Crippen molar-refractivity contribution in [2.45, 2.75) is 39.1 Å². The second-order valence-electron chi connectivity index (χ2n) is 5.59. The molecule has 1 N–H and O–H groups in total. The van der Waals surface area contributed by atoms with Gasteiger partial charge in [-0.25, -0.2) is 4.79 Å². The van der Waals surface area contributed by atoms with Gasteiger partial charge in [-0.3, -0.25) is 4.79 Å². The van der Waals surface area contributed by atoms with Gasteiger partial charge in [0.25, 0.3) is 5.91 Å². The molecule has 0 bridgehead atoms. The predicted octanol–water partition coefficient (Wildman–Crippen LogP) is 1.46. The summed E-state index contributed by atoms with van der Waals surface area (Å²) in [6, 6.07) is 7.43. The monoisotopic (exact) mass is 307 g/mol. The molecular formula is C16H21NO5. The zero-order valence-electron chi connectivity index (χ0n) is 13.0. The normalized spacial score (nSPS) is 23.0. The van der Waals surface area contributed by atoms with Gasteiger partial charge in [-0.1, -0.05) is 17.7 Å². The number of carboxylic acids is 1. The highest BCUT2D eigenvalue weighted by Gasteiger charge is 2.34. The molecule has 1 aromatic rings. The van der Waals surface area contributed by atoms with Gasteiger partial charge in [-0.15, -0.1) is 0 Å². The van der Waals surface area contributed by atoms with Crippen molar-refractivity contribution in [2.75, 3.05) is 13.1 Å². The molecule has 0 aromatic heterocycles. The summed E-state index contributed by atoms with van der Waals surface area (Å²) in [5.74, 6) is -0.680. The number of nitrogens with zero attached hydrogens (tertiary/aromatic N) is 1. The van der Waals surface area contributed by atoms with Crippen LogP contribution in [0.15, 0.2) is 24.3 Å². The minimum atomic E-state index is -1.06. The fourth-order valence-corrected chi connectivity index (χ4v) is 2.40. The lowest BCUT2D eigenvalue weighted by molar-refractivity contribution is -0.168. The predicted molar refractivity (Wildman–Crippen MR) is 79.8 cm³/mol. The van der Waals surface area contributed by atoms with Crippen LogP contribution in [0.4, 0.5) is 0 Å². The van der Waals surface area contributed by atoms with Crippen LogP contribution in [0.3, 0.4) is 0 Å². The highest BCUT2D eigenvalue weighted by molar-refractivity contribution is 5.82. The summed E-state index contributed by atoms with van der Waals surface area (Å²) in [6.07, 6.45) is -1.98. The number of amides is 1. The Bertz CT molecular complexity index is 542. The second-order valence-corrected chi connectivity index (χ2v) is 5.59. The van der Waals surface area contributed by atoms with Crippen molar-refractivity contribution < 1.29 is 24.2 Å². The summed E-state index contributed by atoms with van der Waals surface area (Å²) in [7, 11) is 0. The molecule has 3 atom stereocenters. The molecule has 6 heteroatoms. The van der Waals surface area contributed by atoms with Gasteiger partial charge in [-0.2, -0.15) is 0 Å². The molecule has 1 saturated heterocycles. The molecule has 1 aromatic carbocycles. The van der Waals surface area contributed by atoms with Crippen LogP contribution < -0.4 is 4.74 Å². The quantitative estimate of drug-likeness (QED) is 0.911. The number of morpholine rings is 1. The molecule has 22 heavy (non-hydrogen) atoms. The van der Waals surface area contributed by atoms with E-state index < -0.39 is 18.2 Å². The Labute approximate surface area is 129 Å². The third-order valence-corrected chi connectivity index (χ3v) is 3.53. The number of rotatable bonds is 4. The first-order valence-corrected chi connectivity index (χ1v) is 7.27. The average molecular weight is 307 g/mol. The van der Waals surface area contributed by atoms with E-state index in [1.807, 2.05) is 19.1 Å². The first-order chi connectivity index (χ1) is 10.4. The summed E-state index contributed by atoms with van der Waals surface area (Å²) < 4.78 is 10.9. The Morgan fingerprint density at radius 2 is 1.95 bits per heavy atom. The summed E-state index contributed by atoms with van der Waals surface area (Å²) in [4.78, 5) is 25.0. The van der Waals surface area contributed by atoms with Gasteiger partial charge in [0.2, 0.25) is 0 Å². The van der Waals surface area contributed by atoms with Crippen molar-refractivity contribution in [3.8, 4) is 5.75 Å². The van der Waals surface area contributed by atoms with Crippen LogP contribution in [0.5, 0.6) is 5.75 Å². The molecule has 6 nitrogen and oxygen atoms in total. The van der Waals surface area contributed by atoms with Crippen LogP contribution >= 0.6 is 0 Å². The van der Waals surface area contributed by atoms with E-state index in [4.69, 9.17) is 14.6 Å². The van der Waals surface area contributed by atoms with Gasteiger partial charge in [0.15, 0.2) is 12.2 Å². The lowest BCUT2D eigenvalue weighted by atomic mass is 10.2. The van der Waals surface area contributed by atoms with Gasteiger partial charge in [0.1, 0.15) is 5.75 Å². The van der Waals surface area contributed by atoms with E-state index in [0.29, 0.717) is 12.3 Å². The Morgan fingerprint density at radius 1 is 1.32 bits per heavy atom. The zero-order valence-corrected chi connectivity index (χ0v) is 13.0. The fraction of sp³-hybridized carbons (Fsp3) is 0.500. The molecule has 0 spiro atoms. The number of hydrogen-bond donors (Lipinski definition) is 1. The SMILES string of the molecule is Cc1ccc(OC(C)C(=O)N2CC(C(=O)O)O[C@H](C)C2)cc1. The highest BCUT2D eigenvalue weighted by Crippen LogP contribution is 2.17. The molecule has 1 aliphatic rings. The summed E-state index contributed by atoms with van der Waals surface area (Å²) in [5, 5.41) is 9.06. The molecule has 2 rings (SSSR count). The van der Waals surface area contributed by atoms with Gasteiger partial charge in [0.05, 0.1) is 12.6 Å². The molecule has 1 heterocycles. The third kappa shape index (κ3) is 3.98. The average Bonchev–Trinajstić information content (AvgIpc) is 2.48. The largest absolute Gasteiger partial charge is 0.481 e. The van der Waals surface area contributed by atoms with Crippen molar-refractivity contribution >= 4 is 11.9 Å². The molecule has 0 radical (unpaired) electrons. The number of ether oxygens (including phenoxy) is 2. The molecule has 2 unspecified atom stereocenters. The van der Waals surface area contributed by atoms with Crippen molar-refractivity contribution in [2.24, 2.45) is 0 Å². The number of benzene rings is 1. The van der Waals surface area contributed by atoms with E-state index in [2.05, 4.69) is 0 Å². The maximum Gasteiger partial charge on any atom is 0.334 e. The maximum absolute atomic E-state index is 12.4. The highest BCUT2D eigenvalue weighted by atomic mass is 16.5. The van der Waals surface area contributed by atoms with Crippen LogP contribution in [0, 0.1) is 6.92 Å². The van der Waals surface area contributed by atoms with E-state index in [1.54, 1.807) is 26.0 Å². The summed E-state index contributed by atoms with van der Waals surface area (Å²) in [5.41, 5.74) is 1.11. The topological polar surface area (TPSA) is 76.1 Å².